The molecule has 0 aliphatic rings. The number of rotatable bonds is 7. The highest BCUT2D eigenvalue weighted by atomic mass is 35.5. The summed E-state index contributed by atoms with van der Waals surface area (Å²) in [5, 5.41) is 6.75. The third-order valence-corrected chi connectivity index (χ3v) is 4.68. The van der Waals surface area contributed by atoms with Gasteiger partial charge in [0.2, 0.25) is 0 Å². The summed E-state index contributed by atoms with van der Waals surface area (Å²) in [6.07, 6.45) is 5.10. The van der Waals surface area contributed by atoms with Crippen LogP contribution in [0, 0.1) is 0 Å². The number of hydrogen-bond acceptors (Lipinski definition) is 5. The zero-order chi connectivity index (χ0) is 21.5. The maximum atomic E-state index is 12.8. The molecule has 162 valence electrons. The Morgan fingerprint density at radius 1 is 0.875 bits per heavy atom. The first-order valence-electron chi connectivity index (χ1n) is 9.60. The van der Waals surface area contributed by atoms with Gasteiger partial charge in [-0.05, 0) is 78.4 Å². The Labute approximate surface area is 197 Å². The van der Waals surface area contributed by atoms with E-state index < -0.39 is 0 Å². The molecule has 1 amide bonds. The number of halogens is 2. The molecule has 2 aromatic heterocycles. The maximum Gasteiger partial charge on any atom is 0.259 e. The van der Waals surface area contributed by atoms with Gasteiger partial charge in [0, 0.05) is 35.8 Å². The molecule has 6 nitrogen and oxygen atoms in total. The van der Waals surface area contributed by atoms with Crippen LogP contribution in [0.5, 0.6) is 11.5 Å². The van der Waals surface area contributed by atoms with E-state index in [1.807, 2.05) is 12.1 Å². The fraction of sp³-hybridized carbons (Fsp3) is 0.0417. The summed E-state index contributed by atoms with van der Waals surface area (Å²) in [6.45, 7) is 0.538. The van der Waals surface area contributed by atoms with Crippen LogP contribution in [0.15, 0.2) is 91.4 Å². The zero-order valence-corrected chi connectivity index (χ0v) is 18.4. The van der Waals surface area contributed by atoms with Crippen molar-refractivity contribution in [1.82, 2.24) is 9.97 Å². The Balaban J connectivity index is 0.00000289. The number of hydrogen-bond donors (Lipinski definition) is 2. The van der Waals surface area contributed by atoms with Crippen molar-refractivity contribution in [3.63, 3.8) is 0 Å². The number of ether oxygens (including phenoxy) is 1. The standard InChI is InChI=1S/C24H19ClN4O2.ClH/c25-18-3-7-20(8-4-18)31-21-9-5-19(6-10-21)29-24(30)22-2-1-13-27-23(22)28-16-17-11-14-26-15-12-17;/h1-15H,16H2,(H,27,28)(H,29,30);1H. The summed E-state index contributed by atoms with van der Waals surface area (Å²) in [5.74, 6) is 1.60. The number of nitrogens with one attached hydrogen (secondary N) is 2. The number of benzene rings is 2. The number of nitrogens with zero attached hydrogens (tertiary/aromatic N) is 2. The monoisotopic (exact) mass is 466 g/mol. The van der Waals surface area contributed by atoms with Crippen LogP contribution in [0.3, 0.4) is 0 Å². The van der Waals surface area contributed by atoms with Gasteiger partial charge in [0.25, 0.3) is 5.91 Å². The van der Waals surface area contributed by atoms with Crippen LogP contribution in [0.2, 0.25) is 5.02 Å². The van der Waals surface area contributed by atoms with Crippen LogP contribution < -0.4 is 15.4 Å². The quantitative estimate of drug-likeness (QED) is 0.338. The van der Waals surface area contributed by atoms with E-state index in [2.05, 4.69) is 20.6 Å². The molecule has 2 heterocycles. The molecule has 0 aliphatic carbocycles. The topological polar surface area (TPSA) is 76.1 Å². The average molecular weight is 467 g/mol. The fourth-order valence-corrected chi connectivity index (χ4v) is 2.99. The smallest absolute Gasteiger partial charge is 0.259 e. The van der Waals surface area contributed by atoms with Gasteiger partial charge in [0.05, 0.1) is 5.56 Å². The number of carbonyl (C=O) groups excluding carboxylic acids is 1. The Kier molecular flexibility index (Phi) is 8.02. The third-order valence-electron chi connectivity index (χ3n) is 4.42. The van der Waals surface area contributed by atoms with E-state index in [1.54, 1.807) is 79.3 Å². The molecule has 4 aromatic rings. The van der Waals surface area contributed by atoms with E-state index in [4.69, 9.17) is 16.3 Å². The molecule has 0 spiro atoms. The van der Waals surface area contributed by atoms with Gasteiger partial charge in [0.15, 0.2) is 0 Å². The first-order chi connectivity index (χ1) is 15.2. The van der Waals surface area contributed by atoms with Gasteiger partial charge >= 0.3 is 0 Å². The van der Waals surface area contributed by atoms with E-state index >= 15 is 0 Å². The van der Waals surface area contributed by atoms with Crippen LogP contribution in [-0.4, -0.2) is 15.9 Å². The van der Waals surface area contributed by atoms with Gasteiger partial charge in [-0.1, -0.05) is 11.6 Å². The molecule has 2 N–H and O–H groups in total. The van der Waals surface area contributed by atoms with Crippen molar-refractivity contribution < 1.29 is 9.53 Å². The largest absolute Gasteiger partial charge is 0.457 e. The van der Waals surface area contributed by atoms with Gasteiger partial charge in [-0.15, -0.1) is 12.4 Å². The molecule has 0 radical (unpaired) electrons. The van der Waals surface area contributed by atoms with Gasteiger partial charge < -0.3 is 15.4 Å². The molecule has 0 saturated heterocycles. The summed E-state index contributed by atoms with van der Waals surface area (Å²) in [6, 6.07) is 21.5. The summed E-state index contributed by atoms with van der Waals surface area (Å²) in [7, 11) is 0. The molecule has 0 saturated carbocycles. The second-order valence-corrected chi connectivity index (χ2v) is 7.08. The predicted molar refractivity (Wildman–Crippen MR) is 129 cm³/mol. The first kappa shape index (κ1) is 23.1. The molecule has 0 bridgehead atoms. The van der Waals surface area contributed by atoms with Crippen LogP contribution in [0.25, 0.3) is 0 Å². The highest BCUT2D eigenvalue weighted by Gasteiger charge is 2.12. The molecular weight excluding hydrogens is 447 g/mol. The first-order valence-corrected chi connectivity index (χ1v) is 9.98. The summed E-state index contributed by atoms with van der Waals surface area (Å²) < 4.78 is 5.78. The van der Waals surface area contributed by atoms with Crippen molar-refractivity contribution in [2.75, 3.05) is 10.6 Å². The minimum atomic E-state index is -0.253. The SMILES string of the molecule is Cl.O=C(Nc1ccc(Oc2ccc(Cl)cc2)cc1)c1cccnc1NCc1ccncc1. The highest BCUT2D eigenvalue weighted by molar-refractivity contribution is 6.30. The van der Waals surface area contributed by atoms with Crippen molar-refractivity contribution in [3.8, 4) is 11.5 Å². The lowest BCUT2D eigenvalue weighted by molar-refractivity contribution is 0.102. The highest BCUT2D eigenvalue weighted by Crippen LogP contribution is 2.25. The zero-order valence-electron chi connectivity index (χ0n) is 16.9. The van der Waals surface area contributed by atoms with Crippen LogP contribution in [0.1, 0.15) is 15.9 Å². The Morgan fingerprint density at radius 2 is 1.53 bits per heavy atom. The third kappa shape index (κ3) is 6.20. The lowest BCUT2D eigenvalue weighted by Gasteiger charge is -2.12. The molecule has 8 heteroatoms. The van der Waals surface area contributed by atoms with Crippen molar-refractivity contribution in [2.45, 2.75) is 6.54 Å². The van der Waals surface area contributed by atoms with E-state index in [9.17, 15) is 4.79 Å². The van der Waals surface area contributed by atoms with E-state index in [1.165, 1.54) is 0 Å². The summed E-state index contributed by atoms with van der Waals surface area (Å²) >= 11 is 5.89. The molecule has 2 aromatic carbocycles. The van der Waals surface area contributed by atoms with Gasteiger partial charge in [0.1, 0.15) is 17.3 Å². The van der Waals surface area contributed by atoms with Crippen molar-refractivity contribution in [2.24, 2.45) is 0 Å². The van der Waals surface area contributed by atoms with Crippen LogP contribution in [-0.2, 0) is 6.54 Å². The van der Waals surface area contributed by atoms with Gasteiger partial charge in [-0.2, -0.15) is 0 Å². The van der Waals surface area contributed by atoms with Crippen LogP contribution in [0.4, 0.5) is 11.5 Å². The molecule has 0 atom stereocenters. The van der Waals surface area contributed by atoms with E-state index in [0.29, 0.717) is 40.1 Å². The van der Waals surface area contributed by atoms with Gasteiger partial charge in [-0.25, -0.2) is 4.98 Å². The van der Waals surface area contributed by atoms with E-state index in [0.717, 1.165) is 5.56 Å². The molecule has 0 aliphatic heterocycles. The van der Waals surface area contributed by atoms with Crippen LogP contribution >= 0.6 is 24.0 Å². The minimum Gasteiger partial charge on any atom is -0.457 e. The van der Waals surface area contributed by atoms with E-state index in [-0.39, 0.29) is 18.3 Å². The lowest BCUT2D eigenvalue weighted by atomic mass is 10.2. The Bertz CT molecular complexity index is 1150. The normalized spacial score (nSPS) is 10.0. The number of carbonyl (C=O) groups is 1. The molecule has 0 unspecified atom stereocenters. The number of aromatic nitrogens is 2. The summed E-state index contributed by atoms with van der Waals surface area (Å²) in [5.41, 5.74) is 2.15. The molecule has 32 heavy (non-hydrogen) atoms. The summed E-state index contributed by atoms with van der Waals surface area (Å²) in [4.78, 5) is 21.1. The molecule has 4 rings (SSSR count). The Hall–Kier alpha value is -3.61. The number of pyridine rings is 2. The lowest BCUT2D eigenvalue weighted by Crippen LogP contribution is -2.15. The van der Waals surface area contributed by atoms with Crippen molar-refractivity contribution in [3.05, 3.63) is 108 Å². The number of anilines is 2. The second kappa shape index (κ2) is 11.1. The minimum absolute atomic E-state index is 0. The molecule has 0 fully saturated rings. The molecular formula is C24H20Cl2N4O2. The Morgan fingerprint density at radius 3 is 2.22 bits per heavy atom. The second-order valence-electron chi connectivity index (χ2n) is 6.64. The van der Waals surface area contributed by atoms with Gasteiger partial charge in [-0.3, -0.25) is 9.78 Å². The van der Waals surface area contributed by atoms with Crippen molar-refractivity contribution in [1.29, 1.82) is 0 Å². The fourth-order valence-electron chi connectivity index (χ4n) is 2.86. The van der Waals surface area contributed by atoms with Crippen molar-refractivity contribution >= 4 is 41.4 Å². The number of amides is 1. The average Bonchev–Trinajstić information content (AvgIpc) is 2.81. The maximum absolute atomic E-state index is 12.8. The predicted octanol–water partition coefficient (Wildman–Crippen LogP) is 6.21.